The van der Waals surface area contributed by atoms with Crippen LogP contribution in [0.1, 0.15) is 27.7 Å². The van der Waals surface area contributed by atoms with Crippen LogP contribution in [-0.2, 0) is 19.3 Å². The average Bonchev–Trinajstić information content (AvgIpc) is 2.46. The number of sulfonamides is 1. The second kappa shape index (κ2) is 4.49. The van der Waals surface area contributed by atoms with E-state index in [1.807, 2.05) is 27.7 Å². The van der Waals surface area contributed by atoms with Gasteiger partial charge >= 0.3 is 7.12 Å². The maximum Gasteiger partial charge on any atom is 0.499 e. The number of aromatic nitrogens is 1. The van der Waals surface area contributed by atoms with Crippen molar-refractivity contribution in [2.24, 2.45) is 5.14 Å². The fourth-order valence-corrected chi connectivity index (χ4v) is 2.23. The van der Waals surface area contributed by atoms with Crippen LogP contribution < -0.4 is 10.6 Å². The Morgan fingerprint density at radius 1 is 1.25 bits per heavy atom. The van der Waals surface area contributed by atoms with Gasteiger partial charge in [0.1, 0.15) is 0 Å². The molecule has 0 spiro atoms. The number of rotatable bonds is 2. The zero-order chi connectivity index (χ0) is 15.3. The lowest BCUT2D eigenvalue weighted by Gasteiger charge is -2.32. The second-order valence-corrected chi connectivity index (χ2v) is 7.25. The summed E-state index contributed by atoms with van der Waals surface area (Å²) in [6.07, 6.45) is 0.861. The summed E-state index contributed by atoms with van der Waals surface area (Å²) in [5.41, 5.74) is -1.42. The molecule has 0 saturated carbocycles. The number of primary sulfonamides is 1. The zero-order valence-corrected chi connectivity index (χ0v) is 12.5. The van der Waals surface area contributed by atoms with E-state index in [4.69, 9.17) is 14.4 Å². The molecule has 2 N–H and O–H groups in total. The Kier molecular flexibility index (Phi) is 3.45. The molecule has 6 nitrogen and oxygen atoms in total. The van der Waals surface area contributed by atoms with Crippen LogP contribution in [0.5, 0.6) is 0 Å². The third-order valence-electron chi connectivity index (χ3n) is 3.68. The summed E-state index contributed by atoms with van der Waals surface area (Å²) in [7, 11) is -5.00. The minimum absolute atomic E-state index is 0.0878. The molecule has 2 heterocycles. The Morgan fingerprint density at radius 3 is 2.20 bits per heavy atom. The Labute approximate surface area is 117 Å². The molecule has 1 aliphatic heterocycles. The highest BCUT2D eigenvalue weighted by atomic mass is 32.2. The standard InChI is InChI=1S/C11H16BFN2O4S/c1-10(2)11(3,4)19-12(18-10)8-5-7(20(14,16)17)6-15-9(8)13/h5-6H,1-4H3,(H2,14,16,17). The highest BCUT2D eigenvalue weighted by Gasteiger charge is 2.52. The van der Waals surface area contributed by atoms with E-state index in [-0.39, 0.29) is 10.4 Å². The minimum Gasteiger partial charge on any atom is -0.399 e. The lowest BCUT2D eigenvalue weighted by atomic mass is 9.80. The molecule has 0 amide bonds. The molecule has 110 valence electrons. The van der Waals surface area contributed by atoms with Crippen molar-refractivity contribution in [1.29, 1.82) is 0 Å². The van der Waals surface area contributed by atoms with E-state index in [2.05, 4.69) is 4.98 Å². The lowest BCUT2D eigenvalue weighted by molar-refractivity contribution is 0.00578. The first-order valence-electron chi connectivity index (χ1n) is 5.98. The molecule has 9 heteroatoms. The highest BCUT2D eigenvalue weighted by Crippen LogP contribution is 2.36. The van der Waals surface area contributed by atoms with Crippen molar-refractivity contribution in [3.63, 3.8) is 0 Å². The maximum absolute atomic E-state index is 13.8. The third-order valence-corrected chi connectivity index (χ3v) is 4.56. The van der Waals surface area contributed by atoms with Crippen molar-refractivity contribution in [1.82, 2.24) is 4.98 Å². The summed E-state index contributed by atoms with van der Waals surface area (Å²) in [5.74, 6) is -0.851. The van der Waals surface area contributed by atoms with Crippen LogP contribution in [0.15, 0.2) is 17.2 Å². The minimum atomic E-state index is -3.97. The van der Waals surface area contributed by atoms with Gasteiger partial charge in [-0.3, -0.25) is 0 Å². The number of hydrogen-bond acceptors (Lipinski definition) is 5. The van der Waals surface area contributed by atoms with Crippen LogP contribution in [0, 0.1) is 5.95 Å². The van der Waals surface area contributed by atoms with Crippen molar-refractivity contribution < 1.29 is 22.1 Å². The Bertz CT molecular complexity index is 632. The number of nitrogens with zero attached hydrogens (tertiary/aromatic N) is 1. The molecular formula is C11H16BFN2O4S. The Morgan fingerprint density at radius 2 is 1.75 bits per heavy atom. The van der Waals surface area contributed by atoms with E-state index in [9.17, 15) is 12.8 Å². The van der Waals surface area contributed by atoms with Gasteiger partial charge in [-0.15, -0.1) is 0 Å². The molecule has 0 atom stereocenters. The van der Waals surface area contributed by atoms with E-state index in [0.29, 0.717) is 0 Å². The predicted molar refractivity (Wildman–Crippen MR) is 71.3 cm³/mol. The maximum atomic E-state index is 13.8. The monoisotopic (exact) mass is 302 g/mol. The molecule has 2 rings (SSSR count). The first kappa shape index (κ1) is 15.4. The second-order valence-electron chi connectivity index (χ2n) is 5.68. The molecule has 0 aromatic carbocycles. The number of nitrogens with two attached hydrogens (primary N) is 1. The van der Waals surface area contributed by atoms with Crippen LogP contribution >= 0.6 is 0 Å². The zero-order valence-electron chi connectivity index (χ0n) is 11.7. The van der Waals surface area contributed by atoms with Crippen molar-refractivity contribution in [2.45, 2.75) is 43.8 Å². The van der Waals surface area contributed by atoms with E-state index < -0.39 is 34.3 Å². The highest BCUT2D eigenvalue weighted by molar-refractivity contribution is 7.89. The number of hydrogen-bond donors (Lipinski definition) is 1. The molecule has 1 aromatic heterocycles. The largest absolute Gasteiger partial charge is 0.499 e. The summed E-state index contributed by atoms with van der Waals surface area (Å²) in [6.45, 7) is 7.23. The molecule has 1 aliphatic rings. The topological polar surface area (TPSA) is 91.5 Å². The molecule has 1 aromatic rings. The van der Waals surface area contributed by atoms with Crippen molar-refractivity contribution in [3.05, 3.63) is 18.2 Å². The predicted octanol–water partition coefficient (Wildman–Crippen LogP) is 0.167. The van der Waals surface area contributed by atoms with Gasteiger partial charge < -0.3 is 9.31 Å². The van der Waals surface area contributed by atoms with Crippen molar-refractivity contribution >= 4 is 22.6 Å². The summed E-state index contributed by atoms with van der Waals surface area (Å²) in [6, 6.07) is 1.08. The van der Waals surface area contributed by atoms with Gasteiger partial charge in [0.25, 0.3) is 0 Å². The van der Waals surface area contributed by atoms with Crippen LogP contribution in [0.3, 0.4) is 0 Å². The fourth-order valence-electron chi connectivity index (χ4n) is 1.74. The van der Waals surface area contributed by atoms with Crippen LogP contribution in [-0.4, -0.2) is 31.7 Å². The van der Waals surface area contributed by atoms with Crippen molar-refractivity contribution in [2.75, 3.05) is 0 Å². The van der Waals surface area contributed by atoms with Gasteiger partial charge in [0.05, 0.1) is 22.3 Å². The van der Waals surface area contributed by atoms with Gasteiger partial charge in [-0.2, -0.15) is 4.39 Å². The Hall–Kier alpha value is -1.03. The number of halogens is 1. The summed E-state index contributed by atoms with van der Waals surface area (Å²) in [4.78, 5) is 3.11. The van der Waals surface area contributed by atoms with E-state index >= 15 is 0 Å². The molecule has 0 radical (unpaired) electrons. The molecule has 0 bridgehead atoms. The first-order chi connectivity index (χ1) is 8.94. The lowest BCUT2D eigenvalue weighted by Crippen LogP contribution is -2.41. The molecule has 0 unspecified atom stereocenters. The normalized spacial score (nSPS) is 21.2. The third kappa shape index (κ3) is 2.58. The van der Waals surface area contributed by atoms with Gasteiger partial charge in [0.2, 0.25) is 16.0 Å². The van der Waals surface area contributed by atoms with E-state index in [1.165, 1.54) is 0 Å². The molecule has 0 aliphatic carbocycles. The molecule has 1 saturated heterocycles. The quantitative estimate of drug-likeness (QED) is 0.621. The van der Waals surface area contributed by atoms with Gasteiger partial charge in [-0.1, -0.05) is 0 Å². The molecule has 1 fully saturated rings. The molecule has 20 heavy (non-hydrogen) atoms. The van der Waals surface area contributed by atoms with Crippen LogP contribution in [0.4, 0.5) is 4.39 Å². The van der Waals surface area contributed by atoms with Gasteiger partial charge in [-0.05, 0) is 33.8 Å². The first-order valence-corrected chi connectivity index (χ1v) is 7.52. The van der Waals surface area contributed by atoms with E-state index in [1.54, 1.807) is 0 Å². The summed E-state index contributed by atoms with van der Waals surface area (Å²) >= 11 is 0. The van der Waals surface area contributed by atoms with Gasteiger partial charge in [0.15, 0.2) is 0 Å². The average molecular weight is 302 g/mol. The van der Waals surface area contributed by atoms with Gasteiger partial charge in [0, 0.05) is 5.46 Å². The van der Waals surface area contributed by atoms with Gasteiger partial charge in [-0.25, -0.2) is 18.5 Å². The summed E-state index contributed by atoms with van der Waals surface area (Å²) in [5, 5.41) is 5.01. The van der Waals surface area contributed by atoms with Crippen LogP contribution in [0.25, 0.3) is 0 Å². The summed E-state index contributed by atoms with van der Waals surface area (Å²) < 4.78 is 47.7. The van der Waals surface area contributed by atoms with Crippen molar-refractivity contribution in [3.8, 4) is 0 Å². The fraction of sp³-hybridized carbons (Fsp3) is 0.545. The SMILES string of the molecule is CC1(C)OB(c2cc(S(N)(=O)=O)cnc2F)OC1(C)C. The Balaban J connectivity index is 2.45. The number of pyridine rings is 1. The van der Waals surface area contributed by atoms with Crippen LogP contribution in [0.2, 0.25) is 0 Å². The van der Waals surface area contributed by atoms with E-state index in [0.717, 1.165) is 12.3 Å². The smallest absolute Gasteiger partial charge is 0.399 e. The molecular weight excluding hydrogens is 286 g/mol.